The number of aromatic nitrogens is 2. The number of aldehydes is 1. The third-order valence-electron chi connectivity index (χ3n) is 11.1. The first-order valence-electron chi connectivity index (χ1n) is 20.8. The van der Waals surface area contributed by atoms with Crippen molar-refractivity contribution in [1.82, 2.24) is 9.97 Å². The summed E-state index contributed by atoms with van der Waals surface area (Å²) in [5.41, 5.74) is 9.02. The summed E-state index contributed by atoms with van der Waals surface area (Å²) in [6, 6.07) is 34.1. The van der Waals surface area contributed by atoms with Crippen LogP contribution in [-0.4, -0.2) is 85.7 Å². The molecule has 0 bridgehead atoms. The first-order chi connectivity index (χ1) is 30.1. The van der Waals surface area contributed by atoms with Gasteiger partial charge in [-0.25, -0.2) is 9.97 Å². The fraction of sp³-hybridized carbons (Fsp3) is 0.280. The van der Waals surface area contributed by atoms with E-state index in [9.17, 15) is 19.8 Å². The zero-order valence-electron chi connectivity index (χ0n) is 37.4. The predicted octanol–water partition coefficient (Wildman–Crippen LogP) is 5.73. The summed E-state index contributed by atoms with van der Waals surface area (Å²) in [7, 11) is 0. The van der Waals surface area contributed by atoms with Gasteiger partial charge < -0.3 is 35.7 Å². The maximum Gasteiger partial charge on any atom is 1.00 e. The minimum Gasteiger partial charge on any atom is -1.00 e. The Morgan fingerprint density at radius 1 is 0.750 bits per heavy atom. The Hall–Kier alpha value is -4.72. The van der Waals surface area contributed by atoms with Gasteiger partial charge in [-0.1, -0.05) is 95.0 Å². The summed E-state index contributed by atoms with van der Waals surface area (Å²) in [6.07, 6.45) is 5.89. The molecule has 3 atom stereocenters. The normalized spacial score (nSPS) is 15.8. The molecule has 2 aliphatic heterocycles. The van der Waals surface area contributed by atoms with E-state index in [4.69, 9.17) is 32.7 Å². The molecule has 1 unspecified atom stereocenters. The Bertz CT molecular complexity index is 2490. The van der Waals surface area contributed by atoms with E-state index in [0.29, 0.717) is 52.4 Å². The number of anilines is 2. The van der Waals surface area contributed by atoms with E-state index < -0.39 is 6.10 Å². The average molecular weight is 909 g/mol. The van der Waals surface area contributed by atoms with Crippen molar-refractivity contribution < 1.29 is 60.3 Å². The standard InChI is InChI=1S/C25H27ClN2O3.C25H23ClN2O3.B.Na.H/c2*1-17-4-6-18(7-5-17)24(30)20-8-9-23(19(15-20)11-14-29)28-13-10-21(16-28)31-25-22(26)3-2-12-27-25;;;/h2-9,12,15,21,24,29-30H,10-11,13-14,16H2,1H3;2-9,12,14-15,21H,10-11,13,16H2,1H3;;;/q;;;+1;-1/t21-,24?;21-;;;/m00.../s1. The first-order valence-corrected chi connectivity index (χ1v) is 21.6. The number of ether oxygens (including phenoxy) is 2. The summed E-state index contributed by atoms with van der Waals surface area (Å²) in [4.78, 5) is 37.1. The quantitative estimate of drug-likeness (QED) is 0.0797. The maximum atomic E-state index is 12.9. The maximum absolute atomic E-state index is 12.9. The van der Waals surface area contributed by atoms with Gasteiger partial charge in [0.1, 0.15) is 34.6 Å². The van der Waals surface area contributed by atoms with Gasteiger partial charge in [0.15, 0.2) is 5.78 Å². The molecule has 4 heterocycles. The van der Waals surface area contributed by atoms with Crippen molar-refractivity contribution in [3.8, 4) is 11.8 Å². The van der Waals surface area contributed by atoms with Crippen LogP contribution in [-0.2, 0) is 17.6 Å². The molecule has 2 aliphatic rings. The molecule has 325 valence electrons. The van der Waals surface area contributed by atoms with Gasteiger partial charge in [-0.3, -0.25) is 4.79 Å². The molecule has 2 N–H and O–H groups in total. The number of carbonyl (C=O) groups is 2. The zero-order chi connectivity index (χ0) is 43.6. The number of nitrogens with zero attached hydrogens (tertiary/aromatic N) is 4. The van der Waals surface area contributed by atoms with Crippen molar-refractivity contribution in [2.75, 3.05) is 42.6 Å². The number of aliphatic hydroxyl groups is 2. The van der Waals surface area contributed by atoms with Crippen LogP contribution in [0.4, 0.5) is 11.4 Å². The zero-order valence-corrected chi connectivity index (χ0v) is 39.9. The molecule has 64 heavy (non-hydrogen) atoms. The first kappa shape index (κ1) is 50.3. The Labute approximate surface area is 410 Å². The predicted molar refractivity (Wildman–Crippen MR) is 251 cm³/mol. The minimum absolute atomic E-state index is 0. The van der Waals surface area contributed by atoms with E-state index in [0.717, 1.165) is 77.0 Å². The Balaban J connectivity index is 0.000000272. The van der Waals surface area contributed by atoms with Crippen molar-refractivity contribution in [1.29, 1.82) is 0 Å². The largest absolute Gasteiger partial charge is 1.00 e. The minimum atomic E-state index is -0.701. The number of carbonyl (C=O) groups excluding carboxylic acids is 2. The van der Waals surface area contributed by atoms with Crippen molar-refractivity contribution in [2.24, 2.45) is 0 Å². The summed E-state index contributed by atoms with van der Waals surface area (Å²) in [5, 5.41) is 21.5. The molecule has 0 saturated carbocycles. The van der Waals surface area contributed by atoms with E-state index in [-0.39, 0.29) is 70.4 Å². The molecule has 10 nitrogen and oxygen atoms in total. The second-order valence-corrected chi connectivity index (χ2v) is 16.4. The van der Waals surface area contributed by atoms with Crippen LogP contribution in [0.15, 0.2) is 122 Å². The monoisotopic (exact) mass is 907 g/mol. The van der Waals surface area contributed by atoms with E-state index >= 15 is 0 Å². The molecule has 3 radical (unpaired) electrons. The van der Waals surface area contributed by atoms with Crippen molar-refractivity contribution in [2.45, 2.75) is 57.8 Å². The summed E-state index contributed by atoms with van der Waals surface area (Å²) in [5.74, 6) is 0.845. The molecule has 0 aliphatic carbocycles. The second-order valence-electron chi connectivity index (χ2n) is 15.6. The van der Waals surface area contributed by atoms with Crippen LogP contribution in [0.25, 0.3) is 0 Å². The van der Waals surface area contributed by atoms with Crippen LogP contribution in [0.3, 0.4) is 0 Å². The summed E-state index contributed by atoms with van der Waals surface area (Å²) in [6.45, 7) is 7.06. The SMILES string of the molecule is Cc1ccc(C(=O)c2ccc(N3CC[C@H](Oc4ncccc4Cl)C3)c(CC=O)c2)cc1.Cc1ccc(C(O)c2ccc(N3CC[C@H](Oc4ncccc4Cl)C3)c(CCO)c2)cc1.[B].[H-].[Na+]. The molecule has 0 amide bonds. The van der Waals surface area contributed by atoms with E-state index in [2.05, 4.69) is 19.8 Å². The van der Waals surface area contributed by atoms with Gasteiger partial charge in [0.2, 0.25) is 11.8 Å². The number of aryl methyl sites for hydroxylation is 2. The van der Waals surface area contributed by atoms with Crippen LogP contribution in [0, 0.1) is 13.8 Å². The number of pyridine rings is 2. The molecule has 2 saturated heterocycles. The fourth-order valence-electron chi connectivity index (χ4n) is 7.82. The smallest absolute Gasteiger partial charge is 1.00 e. The van der Waals surface area contributed by atoms with Crippen LogP contribution in [0.2, 0.25) is 10.0 Å². The van der Waals surface area contributed by atoms with E-state index in [1.54, 1.807) is 36.7 Å². The number of halogens is 2. The van der Waals surface area contributed by atoms with Gasteiger partial charge in [-0.2, -0.15) is 0 Å². The fourth-order valence-corrected chi connectivity index (χ4v) is 8.16. The Kier molecular flexibility index (Phi) is 18.9. The number of ketones is 1. The van der Waals surface area contributed by atoms with Crippen LogP contribution >= 0.6 is 23.2 Å². The summed E-state index contributed by atoms with van der Waals surface area (Å²) < 4.78 is 12.0. The van der Waals surface area contributed by atoms with Gasteiger partial charge in [-0.05, 0) is 91.1 Å². The van der Waals surface area contributed by atoms with E-state index in [1.165, 1.54) is 0 Å². The third kappa shape index (κ3) is 12.8. The van der Waals surface area contributed by atoms with Gasteiger partial charge in [0.05, 0.1) is 13.1 Å². The molecular formula is C50H51BCl2N4NaO6. The van der Waals surface area contributed by atoms with Crippen LogP contribution in [0.1, 0.15) is 69.7 Å². The van der Waals surface area contributed by atoms with E-state index in [1.807, 2.05) is 98.8 Å². The number of hydrogen-bond acceptors (Lipinski definition) is 10. The molecule has 2 aromatic heterocycles. The number of benzene rings is 4. The van der Waals surface area contributed by atoms with Crippen molar-refractivity contribution in [3.05, 3.63) is 176 Å². The van der Waals surface area contributed by atoms with Gasteiger partial charge in [-0.15, -0.1) is 0 Å². The number of rotatable bonds is 14. The summed E-state index contributed by atoms with van der Waals surface area (Å²) >= 11 is 12.3. The molecule has 4 aromatic carbocycles. The van der Waals surface area contributed by atoms with Gasteiger partial charge in [0.25, 0.3) is 0 Å². The average Bonchev–Trinajstić information content (AvgIpc) is 3.96. The Morgan fingerprint density at radius 3 is 1.78 bits per heavy atom. The third-order valence-corrected chi connectivity index (χ3v) is 11.7. The van der Waals surface area contributed by atoms with Gasteiger partial charge in [0, 0.05) is 82.3 Å². The molecule has 0 spiro atoms. The van der Waals surface area contributed by atoms with Gasteiger partial charge >= 0.3 is 29.6 Å². The van der Waals surface area contributed by atoms with Crippen molar-refractivity contribution in [3.63, 3.8) is 0 Å². The molecular weight excluding hydrogens is 857 g/mol. The molecule has 14 heteroatoms. The second kappa shape index (κ2) is 24.0. The van der Waals surface area contributed by atoms with Crippen LogP contribution < -0.4 is 48.8 Å². The topological polar surface area (TPSA) is 125 Å². The number of hydrogen-bond donors (Lipinski definition) is 2. The Morgan fingerprint density at radius 2 is 1.25 bits per heavy atom. The van der Waals surface area contributed by atoms with Crippen molar-refractivity contribution >= 4 is 55.1 Å². The molecule has 6 aromatic rings. The number of aliphatic hydroxyl groups excluding tert-OH is 2. The molecule has 8 rings (SSSR count). The molecule has 2 fully saturated rings. The van der Waals surface area contributed by atoms with Crippen LogP contribution in [0.5, 0.6) is 11.8 Å².